The Morgan fingerprint density at radius 1 is 0.852 bits per heavy atom. The summed E-state index contributed by atoms with van der Waals surface area (Å²) in [6.07, 6.45) is 2.71. The van der Waals surface area contributed by atoms with Crippen molar-refractivity contribution in [1.82, 2.24) is 0 Å². The maximum atomic E-state index is 9.91. The number of ether oxygens (including phenoxy) is 1. The summed E-state index contributed by atoms with van der Waals surface area (Å²) in [4.78, 5) is 9.91. The predicted molar refractivity (Wildman–Crippen MR) is 110 cm³/mol. The van der Waals surface area contributed by atoms with E-state index in [4.69, 9.17) is 25.2 Å². The number of rotatable bonds is 6. The fraction of sp³-hybridized carbons (Fsp3) is 0.900. The molecule has 168 valence electrons. The first-order valence-corrected chi connectivity index (χ1v) is 9.30. The molecule has 0 unspecified atom stereocenters. The molecule has 7 heteroatoms. The Morgan fingerprint density at radius 2 is 1.11 bits per heavy atom. The van der Waals surface area contributed by atoms with E-state index >= 15 is 0 Å². The topological polar surface area (TPSA) is 107 Å². The first-order valence-electron chi connectivity index (χ1n) is 9.30. The van der Waals surface area contributed by atoms with Gasteiger partial charge in [-0.15, -0.1) is 0 Å². The molecule has 4 N–H and O–H groups in total. The number of hydrogen-bond acceptors (Lipinski definition) is 5. The molecule has 0 rings (SSSR count). The molecule has 0 aliphatic heterocycles. The van der Waals surface area contributed by atoms with Crippen LogP contribution >= 0.6 is 0 Å². The molecule has 0 spiro atoms. The van der Waals surface area contributed by atoms with E-state index < -0.39 is 5.97 Å². The van der Waals surface area contributed by atoms with Crippen LogP contribution in [0.15, 0.2) is 0 Å². The predicted octanol–water partition coefficient (Wildman–Crippen LogP) is 4.06. The molecule has 0 aromatic carbocycles. The molecule has 0 amide bonds. The summed E-state index contributed by atoms with van der Waals surface area (Å²) in [6.45, 7) is 19.1. The molecule has 0 bridgehead atoms. The van der Waals surface area contributed by atoms with Gasteiger partial charge in [0.2, 0.25) is 0 Å². The number of unbranched alkanes of at least 4 members (excludes halogenated alkanes) is 2. The molecule has 27 heavy (non-hydrogen) atoms. The third-order valence-corrected chi connectivity index (χ3v) is 1.12. The van der Waals surface area contributed by atoms with Crippen LogP contribution in [0.1, 0.15) is 88.5 Å². The number of aliphatic hydroxyl groups excluding tert-OH is 3. The van der Waals surface area contributed by atoms with Crippen LogP contribution < -0.4 is 0 Å². The van der Waals surface area contributed by atoms with Crippen molar-refractivity contribution in [2.24, 2.45) is 0 Å². The standard InChI is InChI=1S/C7H14O3.C4H9.3C3H8O.Ti/c1-2-3-4-5-10-6-7(8)9;1-4(2)3;3*1-3(2)4;/h2-6H2,1H3,(H,8,9);1-3H3;3*3-4H,1-2H3;/q;-1;;;;. The molecule has 0 aromatic heterocycles. The van der Waals surface area contributed by atoms with E-state index in [1.807, 2.05) is 0 Å². The van der Waals surface area contributed by atoms with Gasteiger partial charge in [-0.05, 0) is 48.0 Å². The third kappa shape index (κ3) is 304. The molecule has 0 atom stereocenters. The maximum absolute atomic E-state index is 9.91. The number of hydrogen-bond donors (Lipinski definition) is 4. The van der Waals surface area contributed by atoms with Crippen molar-refractivity contribution in [3.63, 3.8) is 0 Å². The van der Waals surface area contributed by atoms with Crippen molar-refractivity contribution in [3.05, 3.63) is 5.92 Å². The van der Waals surface area contributed by atoms with Gasteiger partial charge in [-0.1, -0.05) is 19.8 Å². The molecular formula is C20H47O6Ti-. The average Bonchev–Trinajstić information content (AvgIpc) is 2.35. The van der Waals surface area contributed by atoms with Crippen LogP contribution in [0.4, 0.5) is 0 Å². The second-order valence-electron chi connectivity index (χ2n) is 6.93. The van der Waals surface area contributed by atoms with Crippen molar-refractivity contribution >= 4 is 5.97 Å². The van der Waals surface area contributed by atoms with E-state index in [0.717, 1.165) is 19.3 Å². The van der Waals surface area contributed by atoms with Gasteiger partial charge in [0, 0.05) is 46.6 Å². The fourth-order valence-corrected chi connectivity index (χ4v) is 0.614. The molecule has 0 aliphatic carbocycles. The molecule has 0 radical (unpaired) electrons. The monoisotopic (exact) mass is 431 g/mol. The summed E-state index contributed by atoms with van der Waals surface area (Å²) < 4.78 is 4.80. The van der Waals surface area contributed by atoms with Crippen molar-refractivity contribution in [1.29, 1.82) is 0 Å². The fourth-order valence-electron chi connectivity index (χ4n) is 0.614. The molecule has 6 nitrogen and oxygen atoms in total. The first kappa shape index (κ1) is 41.4. The van der Waals surface area contributed by atoms with Crippen molar-refractivity contribution in [3.8, 4) is 0 Å². The number of carboxylic acids is 1. The second-order valence-corrected chi connectivity index (χ2v) is 6.93. The quantitative estimate of drug-likeness (QED) is 0.287. The van der Waals surface area contributed by atoms with E-state index in [9.17, 15) is 4.79 Å². The van der Waals surface area contributed by atoms with E-state index in [2.05, 4.69) is 27.7 Å². The van der Waals surface area contributed by atoms with Crippen LogP contribution in [0.3, 0.4) is 0 Å². The molecule has 0 aliphatic rings. The molecule has 0 saturated carbocycles. The van der Waals surface area contributed by atoms with Gasteiger partial charge in [0.15, 0.2) is 0 Å². The number of aliphatic carboxylic acids is 1. The van der Waals surface area contributed by atoms with E-state index in [0.29, 0.717) is 6.61 Å². The van der Waals surface area contributed by atoms with Crippen molar-refractivity contribution < 1.29 is 51.7 Å². The second kappa shape index (κ2) is 36.9. The van der Waals surface area contributed by atoms with Crippen LogP contribution in [0.2, 0.25) is 0 Å². The Bertz CT molecular complexity index is 199. The van der Waals surface area contributed by atoms with Gasteiger partial charge < -0.3 is 31.1 Å². The third-order valence-electron chi connectivity index (χ3n) is 1.12. The minimum absolute atomic E-state index is 0. The minimum atomic E-state index is -0.892. The summed E-state index contributed by atoms with van der Waals surface area (Å²) in [5.74, 6) is 0.525. The Hall–Kier alpha value is 0.0243. The van der Waals surface area contributed by atoms with Gasteiger partial charge in [-0.3, -0.25) is 0 Å². The first-order chi connectivity index (χ1) is 11.7. The summed E-state index contributed by atoms with van der Waals surface area (Å²) in [7, 11) is 0. The number of carboxylic acid groups (broad SMARTS) is 1. The molecule has 0 heterocycles. The van der Waals surface area contributed by atoms with Gasteiger partial charge in [0.1, 0.15) is 6.61 Å². The van der Waals surface area contributed by atoms with Crippen molar-refractivity contribution in [2.75, 3.05) is 13.2 Å². The summed E-state index contributed by atoms with van der Waals surface area (Å²) in [6, 6.07) is 0. The minimum Gasteiger partial charge on any atom is -0.480 e. The molecule has 0 aromatic rings. The van der Waals surface area contributed by atoms with Gasteiger partial charge in [-0.25, -0.2) is 4.79 Å². The SMILES string of the molecule is CC(C)O.CC(C)O.CC(C)O.CCCCCOCC(=O)O.C[C-](C)C.[Ti]. The van der Waals surface area contributed by atoms with E-state index in [1.54, 1.807) is 41.5 Å². The van der Waals surface area contributed by atoms with Gasteiger partial charge >= 0.3 is 5.97 Å². The Balaban J connectivity index is -0.0000000552. The zero-order valence-electron chi connectivity index (χ0n) is 19.4. The van der Waals surface area contributed by atoms with Crippen LogP contribution in [0.5, 0.6) is 0 Å². The van der Waals surface area contributed by atoms with Gasteiger partial charge in [0.05, 0.1) is 0 Å². The maximum Gasteiger partial charge on any atom is 0.329 e. The largest absolute Gasteiger partial charge is 0.480 e. The Morgan fingerprint density at radius 3 is 1.30 bits per heavy atom. The zero-order valence-corrected chi connectivity index (χ0v) is 20.9. The summed E-state index contributed by atoms with van der Waals surface area (Å²) >= 11 is 0. The molecule has 0 fully saturated rings. The van der Waals surface area contributed by atoms with Crippen LogP contribution in [-0.4, -0.2) is 57.9 Å². The zero-order chi connectivity index (χ0) is 22.1. The molecule has 0 saturated heterocycles. The van der Waals surface area contributed by atoms with Gasteiger partial charge in [0.25, 0.3) is 0 Å². The van der Waals surface area contributed by atoms with Crippen LogP contribution in [0, 0.1) is 5.92 Å². The van der Waals surface area contributed by atoms with E-state index in [-0.39, 0.29) is 46.6 Å². The number of carbonyl (C=O) groups is 1. The summed E-state index contributed by atoms with van der Waals surface area (Å²) in [5, 5.41) is 32.3. The van der Waals surface area contributed by atoms with Crippen molar-refractivity contribution in [2.45, 2.75) is 107 Å². The Kier molecular flexibility index (Phi) is 56.5. The normalized spacial score (nSPS) is 8.93. The smallest absolute Gasteiger partial charge is 0.329 e. The Labute approximate surface area is 183 Å². The van der Waals surface area contributed by atoms with Crippen LogP contribution in [-0.2, 0) is 31.2 Å². The van der Waals surface area contributed by atoms with E-state index in [1.165, 1.54) is 5.92 Å². The molecular weight excluding hydrogens is 384 g/mol. The van der Waals surface area contributed by atoms with Crippen LogP contribution in [0.25, 0.3) is 0 Å². The average molecular weight is 431 g/mol. The summed E-state index contributed by atoms with van der Waals surface area (Å²) in [5.41, 5.74) is 0. The number of aliphatic hydroxyl groups is 3. The van der Waals surface area contributed by atoms with Gasteiger partial charge in [-0.2, -0.15) is 20.8 Å².